The van der Waals surface area contributed by atoms with E-state index < -0.39 is 0 Å². The lowest BCUT2D eigenvalue weighted by Gasteiger charge is -2.09. The minimum absolute atomic E-state index is 0.0876. The first-order chi connectivity index (χ1) is 8.13. The quantitative estimate of drug-likeness (QED) is 0.796. The van der Waals surface area contributed by atoms with Gasteiger partial charge in [0, 0.05) is 11.6 Å². The van der Waals surface area contributed by atoms with Gasteiger partial charge in [-0.3, -0.25) is 0 Å². The van der Waals surface area contributed by atoms with Gasteiger partial charge < -0.3 is 0 Å². The highest BCUT2D eigenvalue weighted by Gasteiger charge is 2.16. The van der Waals surface area contributed by atoms with Crippen LogP contribution >= 0.6 is 0 Å². The van der Waals surface area contributed by atoms with Gasteiger partial charge in [-0.25, -0.2) is 9.07 Å². The fraction of sp³-hybridized carbons (Fsp3) is 0.250. The number of aromatic nitrogens is 3. The number of benzene rings is 1. The molecule has 4 nitrogen and oxygen atoms in total. The molecule has 0 aliphatic rings. The Labute approximate surface area is 98.3 Å². The Balaban J connectivity index is 2.61. The van der Waals surface area contributed by atoms with E-state index in [1.165, 1.54) is 12.1 Å². The van der Waals surface area contributed by atoms with Crippen molar-refractivity contribution in [3.05, 3.63) is 35.8 Å². The summed E-state index contributed by atoms with van der Waals surface area (Å²) >= 11 is 0. The van der Waals surface area contributed by atoms with Crippen LogP contribution in [0, 0.1) is 17.1 Å². The van der Waals surface area contributed by atoms with Gasteiger partial charge >= 0.3 is 0 Å². The lowest BCUT2D eigenvalue weighted by Crippen LogP contribution is -2.05. The third-order valence-electron chi connectivity index (χ3n) is 2.41. The molecule has 1 aromatic carbocycles. The third kappa shape index (κ3) is 2.02. The first-order valence-electron chi connectivity index (χ1n) is 5.24. The summed E-state index contributed by atoms with van der Waals surface area (Å²) < 4.78 is 14.5. The van der Waals surface area contributed by atoms with Crippen molar-refractivity contribution in [3.63, 3.8) is 0 Å². The predicted octanol–water partition coefficient (Wildman–Crippen LogP) is 2.54. The SMILES string of the molecule is CC(C)n1nnc(C#N)c1-c1ccc(F)cc1. The standard InChI is InChI=1S/C12H11FN4/c1-8(2)17-12(11(7-14)15-16-17)9-3-5-10(13)6-4-9/h3-6,8H,1-2H3. The van der Waals surface area contributed by atoms with E-state index in [0.717, 1.165) is 5.56 Å². The molecule has 0 atom stereocenters. The molecule has 0 fully saturated rings. The molecule has 0 N–H and O–H groups in total. The zero-order valence-corrected chi connectivity index (χ0v) is 9.55. The van der Waals surface area contributed by atoms with Gasteiger partial charge in [-0.05, 0) is 38.1 Å². The Morgan fingerprint density at radius 1 is 1.29 bits per heavy atom. The summed E-state index contributed by atoms with van der Waals surface area (Å²) in [4.78, 5) is 0. The number of hydrogen-bond donors (Lipinski definition) is 0. The van der Waals surface area contributed by atoms with Crippen LogP contribution in [0.3, 0.4) is 0 Å². The van der Waals surface area contributed by atoms with Crippen molar-refractivity contribution in [1.82, 2.24) is 15.0 Å². The molecule has 0 aliphatic carbocycles. The lowest BCUT2D eigenvalue weighted by atomic mass is 10.1. The average molecular weight is 230 g/mol. The van der Waals surface area contributed by atoms with Crippen LogP contribution in [-0.2, 0) is 0 Å². The third-order valence-corrected chi connectivity index (χ3v) is 2.41. The maximum atomic E-state index is 12.9. The number of nitriles is 1. The van der Waals surface area contributed by atoms with Crippen LogP contribution in [0.1, 0.15) is 25.6 Å². The zero-order valence-electron chi connectivity index (χ0n) is 9.55. The van der Waals surface area contributed by atoms with E-state index in [2.05, 4.69) is 10.3 Å². The van der Waals surface area contributed by atoms with Gasteiger partial charge in [0.1, 0.15) is 17.6 Å². The summed E-state index contributed by atoms with van der Waals surface area (Å²) in [6, 6.07) is 8.03. The maximum Gasteiger partial charge on any atom is 0.190 e. The first kappa shape index (κ1) is 11.3. The van der Waals surface area contributed by atoms with Crippen LogP contribution in [0.25, 0.3) is 11.3 Å². The number of halogens is 1. The Morgan fingerprint density at radius 3 is 2.47 bits per heavy atom. The molecule has 1 heterocycles. The monoisotopic (exact) mass is 230 g/mol. The number of nitrogens with zero attached hydrogens (tertiary/aromatic N) is 4. The molecular weight excluding hydrogens is 219 g/mol. The summed E-state index contributed by atoms with van der Waals surface area (Å²) in [5.41, 5.74) is 1.62. The fourth-order valence-electron chi connectivity index (χ4n) is 1.61. The van der Waals surface area contributed by atoms with Gasteiger partial charge in [0.2, 0.25) is 0 Å². The second kappa shape index (κ2) is 4.34. The van der Waals surface area contributed by atoms with E-state index in [1.54, 1.807) is 16.8 Å². The van der Waals surface area contributed by atoms with Gasteiger partial charge in [-0.1, -0.05) is 5.21 Å². The van der Waals surface area contributed by atoms with E-state index in [9.17, 15) is 4.39 Å². The van der Waals surface area contributed by atoms with Crippen molar-refractivity contribution < 1.29 is 4.39 Å². The molecule has 0 unspecified atom stereocenters. The van der Waals surface area contributed by atoms with E-state index in [4.69, 9.17) is 5.26 Å². The van der Waals surface area contributed by atoms with Crippen molar-refractivity contribution in [1.29, 1.82) is 5.26 Å². The summed E-state index contributed by atoms with van der Waals surface area (Å²) in [5.74, 6) is -0.309. The van der Waals surface area contributed by atoms with Gasteiger partial charge in [-0.2, -0.15) is 5.26 Å². The van der Waals surface area contributed by atoms with Gasteiger partial charge in [0.15, 0.2) is 5.69 Å². The molecule has 86 valence electrons. The maximum absolute atomic E-state index is 12.9. The van der Waals surface area contributed by atoms with Crippen molar-refractivity contribution >= 4 is 0 Å². The van der Waals surface area contributed by atoms with Crippen molar-refractivity contribution in [2.45, 2.75) is 19.9 Å². The Hall–Kier alpha value is -2.22. The largest absolute Gasteiger partial charge is 0.241 e. The molecule has 1 aromatic heterocycles. The second-order valence-electron chi connectivity index (χ2n) is 3.94. The molecule has 2 aromatic rings. The van der Waals surface area contributed by atoms with Gasteiger partial charge in [0.05, 0.1) is 0 Å². The van der Waals surface area contributed by atoms with Crippen LogP contribution in [0.15, 0.2) is 24.3 Å². The van der Waals surface area contributed by atoms with Crippen LogP contribution < -0.4 is 0 Å². The summed E-state index contributed by atoms with van der Waals surface area (Å²) in [6.07, 6.45) is 0. The highest BCUT2D eigenvalue weighted by atomic mass is 19.1. The number of rotatable bonds is 2. The highest BCUT2D eigenvalue weighted by molar-refractivity contribution is 5.64. The molecular formula is C12H11FN4. The van der Waals surface area contributed by atoms with E-state index in [-0.39, 0.29) is 17.6 Å². The molecule has 0 spiro atoms. The smallest absolute Gasteiger partial charge is 0.190 e. The summed E-state index contributed by atoms with van der Waals surface area (Å²) in [7, 11) is 0. The minimum atomic E-state index is -0.309. The lowest BCUT2D eigenvalue weighted by molar-refractivity contribution is 0.519. The molecule has 17 heavy (non-hydrogen) atoms. The second-order valence-corrected chi connectivity index (χ2v) is 3.94. The van der Waals surface area contributed by atoms with Gasteiger partial charge in [0.25, 0.3) is 0 Å². The molecule has 0 aliphatic heterocycles. The minimum Gasteiger partial charge on any atom is -0.241 e. The van der Waals surface area contributed by atoms with Crippen LogP contribution in [-0.4, -0.2) is 15.0 Å². The highest BCUT2D eigenvalue weighted by Crippen LogP contribution is 2.24. The first-order valence-corrected chi connectivity index (χ1v) is 5.24. The van der Waals surface area contributed by atoms with Crippen LogP contribution in [0.2, 0.25) is 0 Å². The van der Waals surface area contributed by atoms with Crippen LogP contribution in [0.4, 0.5) is 4.39 Å². The van der Waals surface area contributed by atoms with E-state index in [1.807, 2.05) is 19.9 Å². The normalized spacial score (nSPS) is 10.5. The van der Waals surface area contributed by atoms with Crippen molar-refractivity contribution in [2.24, 2.45) is 0 Å². The molecule has 0 radical (unpaired) electrons. The van der Waals surface area contributed by atoms with Crippen LogP contribution in [0.5, 0.6) is 0 Å². The molecule has 2 rings (SSSR count). The van der Waals surface area contributed by atoms with Crippen molar-refractivity contribution in [2.75, 3.05) is 0 Å². The van der Waals surface area contributed by atoms with Crippen molar-refractivity contribution in [3.8, 4) is 17.3 Å². The number of hydrogen-bond acceptors (Lipinski definition) is 3. The fourth-order valence-corrected chi connectivity index (χ4v) is 1.61. The van der Waals surface area contributed by atoms with Gasteiger partial charge in [-0.15, -0.1) is 5.10 Å². The molecule has 0 saturated heterocycles. The molecule has 0 saturated carbocycles. The van der Waals surface area contributed by atoms with E-state index >= 15 is 0 Å². The predicted molar refractivity (Wildman–Crippen MR) is 60.5 cm³/mol. The molecule has 0 amide bonds. The summed E-state index contributed by atoms with van der Waals surface area (Å²) in [6.45, 7) is 3.89. The average Bonchev–Trinajstić information content (AvgIpc) is 2.73. The zero-order chi connectivity index (χ0) is 12.4. The topological polar surface area (TPSA) is 54.5 Å². The Morgan fingerprint density at radius 2 is 1.94 bits per heavy atom. The molecule has 0 bridgehead atoms. The Kier molecular flexibility index (Phi) is 2.88. The summed E-state index contributed by atoms with van der Waals surface area (Å²) in [5, 5.41) is 16.7. The van der Waals surface area contributed by atoms with E-state index in [0.29, 0.717) is 5.69 Å². The molecule has 5 heteroatoms. The Bertz CT molecular complexity index is 563.